The van der Waals surface area contributed by atoms with Crippen molar-refractivity contribution in [1.29, 1.82) is 0 Å². The van der Waals surface area contributed by atoms with E-state index in [1.165, 1.54) is 0 Å². The molecule has 3 aliphatic rings. The van der Waals surface area contributed by atoms with E-state index in [1.807, 2.05) is 11.8 Å². The van der Waals surface area contributed by atoms with Gasteiger partial charge in [0.25, 0.3) is 5.91 Å². The fraction of sp³-hybridized carbons (Fsp3) is 0.650. The number of rotatable bonds is 2. The van der Waals surface area contributed by atoms with Crippen LogP contribution in [0.4, 0.5) is 0 Å². The van der Waals surface area contributed by atoms with E-state index in [-0.39, 0.29) is 23.5 Å². The van der Waals surface area contributed by atoms with Crippen molar-refractivity contribution in [2.24, 2.45) is 5.92 Å². The van der Waals surface area contributed by atoms with E-state index in [0.29, 0.717) is 57.1 Å². The first kappa shape index (κ1) is 18.2. The number of aromatic amines is 1. The number of hydrogen-bond donors (Lipinski definition) is 1. The molecule has 1 aromatic rings. The molecule has 7 nitrogen and oxygen atoms in total. The van der Waals surface area contributed by atoms with Crippen molar-refractivity contribution in [3.63, 3.8) is 0 Å². The van der Waals surface area contributed by atoms with Crippen LogP contribution in [0.3, 0.4) is 0 Å². The molecule has 1 aliphatic carbocycles. The third kappa shape index (κ3) is 3.40. The Bertz CT molecular complexity index is 764. The van der Waals surface area contributed by atoms with E-state index < -0.39 is 0 Å². The molecule has 0 aromatic carbocycles. The summed E-state index contributed by atoms with van der Waals surface area (Å²) in [5, 5.41) is 0. The van der Waals surface area contributed by atoms with Gasteiger partial charge in [0.15, 0.2) is 5.78 Å². The van der Waals surface area contributed by atoms with Crippen LogP contribution in [0.15, 0.2) is 0 Å². The number of ether oxygens (including phenoxy) is 1. The van der Waals surface area contributed by atoms with E-state index in [0.717, 1.165) is 36.9 Å². The van der Waals surface area contributed by atoms with Gasteiger partial charge >= 0.3 is 0 Å². The van der Waals surface area contributed by atoms with E-state index in [2.05, 4.69) is 4.98 Å². The molecule has 7 heteroatoms. The van der Waals surface area contributed by atoms with Gasteiger partial charge in [0.05, 0.1) is 19.1 Å². The molecule has 0 saturated carbocycles. The largest absolute Gasteiger partial charge is 0.378 e. The molecule has 2 aliphatic heterocycles. The lowest BCUT2D eigenvalue weighted by molar-refractivity contribution is -0.141. The summed E-state index contributed by atoms with van der Waals surface area (Å²) in [4.78, 5) is 45.0. The zero-order valence-corrected chi connectivity index (χ0v) is 15.9. The molecule has 27 heavy (non-hydrogen) atoms. The highest BCUT2D eigenvalue weighted by Crippen LogP contribution is 2.28. The van der Waals surface area contributed by atoms with Gasteiger partial charge in [-0.25, -0.2) is 0 Å². The van der Waals surface area contributed by atoms with Crippen LogP contribution in [0.2, 0.25) is 0 Å². The van der Waals surface area contributed by atoms with Gasteiger partial charge in [0.1, 0.15) is 5.69 Å². The highest BCUT2D eigenvalue weighted by atomic mass is 16.5. The highest BCUT2D eigenvalue weighted by molar-refractivity contribution is 6.04. The fourth-order valence-corrected chi connectivity index (χ4v) is 4.55. The molecule has 1 unspecified atom stereocenters. The Labute approximate surface area is 159 Å². The molecule has 2 saturated heterocycles. The third-order valence-corrected chi connectivity index (χ3v) is 6.03. The van der Waals surface area contributed by atoms with E-state index in [9.17, 15) is 14.4 Å². The van der Waals surface area contributed by atoms with Crippen molar-refractivity contribution in [1.82, 2.24) is 14.8 Å². The number of carbonyl (C=O) groups is 3. The summed E-state index contributed by atoms with van der Waals surface area (Å²) >= 11 is 0. The first-order chi connectivity index (χ1) is 13.1. The normalized spacial score (nSPS) is 23.3. The van der Waals surface area contributed by atoms with Crippen molar-refractivity contribution < 1.29 is 19.1 Å². The van der Waals surface area contributed by atoms with Crippen LogP contribution in [-0.2, 0) is 16.0 Å². The molecule has 0 radical (unpaired) electrons. The van der Waals surface area contributed by atoms with Crippen molar-refractivity contribution in [2.75, 3.05) is 39.4 Å². The number of H-pyrrole nitrogens is 1. The predicted octanol–water partition coefficient (Wildman–Crippen LogP) is 1.55. The summed E-state index contributed by atoms with van der Waals surface area (Å²) in [7, 11) is 0. The Kier molecular flexibility index (Phi) is 5.04. The average molecular weight is 373 g/mol. The van der Waals surface area contributed by atoms with Crippen LogP contribution in [-0.4, -0.2) is 71.8 Å². The molecule has 4 rings (SSSR count). The molecular weight excluding hydrogens is 346 g/mol. The first-order valence-electron chi connectivity index (χ1n) is 9.96. The van der Waals surface area contributed by atoms with E-state index >= 15 is 0 Å². The second-order valence-corrected chi connectivity index (χ2v) is 7.78. The molecule has 1 atom stereocenters. The number of amides is 2. The van der Waals surface area contributed by atoms with Crippen molar-refractivity contribution in [3.8, 4) is 0 Å². The number of likely N-dealkylation sites (tertiary alicyclic amines) is 1. The summed E-state index contributed by atoms with van der Waals surface area (Å²) in [6.07, 6.45) is 3.84. The smallest absolute Gasteiger partial charge is 0.270 e. The van der Waals surface area contributed by atoms with Crippen molar-refractivity contribution >= 4 is 17.6 Å². The number of Topliss-reactive ketones (excluding diaryl/α,β-unsaturated/α-hetero) is 1. The lowest BCUT2D eigenvalue weighted by Crippen LogP contribution is -2.49. The number of nitrogens with zero attached hydrogens (tertiary/aromatic N) is 2. The zero-order chi connectivity index (χ0) is 19.0. The fourth-order valence-electron chi connectivity index (χ4n) is 4.55. The summed E-state index contributed by atoms with van der Waals surface area (Å²) < 4.78 is 5.33. The quantitative estimate of drug-likeness (QED) is 0.853. The van der Waals surface area contributed by atoms with Gasteiger partial charge < -0.3 is 19.5 Å². The number of aromatic nitrogens is 1. The lowest BCUT2D eigenvalue weighted by atomic mass is 9.93. The number of carbonyl (C=O) groups excluding carboxylic acids is 3. The minimum absolute atomic E-state index is 0.0887. The molecule has 1 N–H and O–H groups in total. The summed E-state index contributed by atoms with van der Waals surface area (Å²) in [5.74, 6) is 0.0260. The summed E-state index contributed by atoms with van der Waals surface area (Å²) in [6.45, 7) is 5.40. The molecule has 3 heterocycles. The zero-order valence-electron chi connectivity index (χ0n) is 15.9. The number of hydrogen-bond acceptors (Lipinski definition) is 4. The Morgan fingerprint density at radius 2 is 1.85 bits per heavy atom. The van der Waals surface area contributed by atoms with Crippen LogP contribution >= 0.6 is 0 Å². The lowest BCUT2D eigenvalue weighted by Gasteiger charge is -2.36. The molecule has 146 valence electrons. The van der Waals surface area contributed by atoms with Crippen molar-refractivity contribution in [2.45, 2.75) is 39.0 Å². The van der Waals surface area contributed by atoms with E-state index in [4.69, 9.17) is 4.74 Å². The van der Waals surface area contributed by atoms with Crippen LogP contribution in [0.25, 0.3) is 0 Å². The molecule has 2 amide bonds. The number of piperidine rings is 1. The van der Waals surface area contributed by atoms with E-state index in [1.54, 1.807) is 4.90 Å². The second kappa shape index (κ2) is 7.46. The van der Waals surface area contributed by atoms with Crippen LogP contribution in [0.5, 0.6) is 0 Å². The highest BCUT2D eigenvalue weighted by Gasteiger charge is 2.34. The molecule has 0 bridgehead atoms. The molecular formula is C20H27N3O4. The van der Waals surface area contributed by atoms with Crippen LogP contribution < -0.4 is 0 Å². The van der Waals surface area contributed by atoms with Gasteiger partial charge in [-0.3, -0.25) is 14.4 Å². The molecule has 2 fully saturated rings. The van der Waals surface area contributed by atoms with Gasteiger partial charge in [0, 0.05) is 43.9 Å². The minimum atomic E-state index is -0.146. The topological polar surface area (TPSA) is 82.7 Å². The van der Waals surface area contributed by atoms with Gasteiger partial charge in [-0.05, 0) is 38.2 Å². The Morgan fingerprint density at radius 1 is 1.07 bits per heavy atom. The number of aryl methyl sites for hydroxylation is 1. The maximum absolute atomic E-state index is 13.1. The second-order valence-electron chi connectivity index (χ2n) is 7.78. The number of morpholine rings is 1. The van der Waals surface area contributed by atoms with Gasteiger partial charge in [-0.2, -0.15) is 0 Å². The van der Waals surface area contributed by atoms with Gasteiger partial charge in [-0.15, -0.1) is 0 Å². The van der Waals surface area contributed by atoms with Gasteiger partial charge in [0.2, 0.25) is 5.91 Å². The number of nitrogens with one attached hydrogen (secondary N) is 1. The number of ketones is 1. The first-order valence-corrected chi connectivity index (χ1v) is 9.96. The van der Waals surface area contributed by atoms with Crippen molar-refractivity contribution in [3.05, 3.63) is 22.5 Å². The predicted molar refractivity (Wildman–Crippen MR) is 98.8 cm³/mol. The Morgan fingerprint density at radius 3 is 2.59 bits per heavy atom. The van der Waals surface area contributed by atoms with Crippen LogP contribution in [0.1, 0.15) is 57.8 Å². The minimum Gasteiger partial charge on any atom is -0.378 e. The molecule has 1 aromatic heterocycles. The maximum atomic E-state index is 13.1. The monoisotopic (exact) mass is 373 g/mol. The SMILES string of the molecule is Cc1c(C(=O)N2CCCC(C(=O)N3CCOCC3)C2)[nH]c2c1C(=O)CCC2. The number of fused-ring (bicyclic) bond motifs is 1. The Hall–Kier alpha value is -2.15. The van der Waals surface area contributed by atoms with Crippen LogP contribution in [0, 0.1) is 12.8 Å². The molecule has 0 spiro atoms. The Balaban J connectivity index is 1.49. The maximum Gasteiger partial charge on any atom is 0.270 e. The summed E-state index contributed by atoms with van der Waals surface area (Å²) in [5.41, 5.74) is 2.89. The third-order valence-electron chi connectivity index (χ3n) is 6.03. The standard InChI is InChI=1S/C20H27N3O4/c1-13-17-15(5-2-6-16(17)24)21-18(13)20(26)23-7-3-4-14(12-23)19(25)22-8-10-27-11-9-22/h14,21H,2-12H2,1H3. The average Bonchev–Trinajstić information content (AvgIpc) is 3.05. The summed E-state index contributed by atoms with van der Waals surface area (Å²) in [6, 6.07) is 0. The van der Waals surface area contributed by atoms with Gasteiger partial charge in [-0.1, -0.05) is 0 Å².